The SMILES string of the molecule is Cc1cccn2cc(-c3ccc(NC(=O)c4nn(-c5ccccc5F)c(C)cc4=O)cc3)nc12. The predicted octanol–water partition coefficient (Wildman–Crippen LogP) is 4.56. The van der Waals surface area contributed by atoms with Crippen molar-refractivity contribution >= 4 is 17.2 Å². The van der Waals surface area contributed by atoms with E-state index in [1.165, 1.54) is 22.9 Å². The van der Waals surface area contributed by atoms with Gasteiger partial charge in [-0.3, -0.25) is 9.59 Å². The van der Waals surface area contributed by atoms with Crippen molar-refractivity contribution < 1.29 is 9.18 Å². The third-order valence-corrected chi connectivity index (χ3v) is 5.52. The van der Waals surface area contributed by atoms with Gasteiger partial charge in [-0.1, -0.05) is 30.3 Å². The molecular formula is C26H20FN5O2. The van der Waals surface area contributed by atoms with Gasteiger partial charge in [0.15, 0.2) is 5.69 Å². The lowest BCUT2D eigenvalue weighted by atomic mass is 10.1. The minimum atomic E-state index is -0.675. The maximum absolute atomic E-state index is 14.3. The fourth-order valence-electron chi connectivity index (χ4n) is 3.78. The third-order valence-electron chi connectivity index (χ3n) is 5.52. The largest absolute Gasteiger partial charge is 0.320 e. The van der Waals surface area contributed by atoms with Gasteiger partial charge in [-0.2, -0.15) is 5.10 Å². The number of aromatic nitrogens is 4. The van der Waals surface area contributed by atoms with E-state index in [1.54, 1.807) is 31.2 Å². The van der Waals surface area contributed by atoms with Crippen molar-refractivity contribution in [2.75, 3.05) is 5.32 Å². The van der Waals surface area contributed by atoms with E-state index in [2.05, 4.69) is 15.4 Å². The molecule has 0 saturated heterocycles. The Hall–Kier alpha value is -4.59. The highest BCUT2D eigenvalue weighted by Crippen LogP contribution is 2.22. The fraction of sp³-hybridized carbons (Fsp3) is 0.0769. The lowest BCUT2D eigenvalue weighted by Gasteiger charge is -2.12. The summed E-state index contributed by atoms with van der Waals surface area (Å²) in [6.07, 6.45) is 3.88. The first-order valence-electron chi connectivity index (χ1n) is 10.6. The van der Waals surface area contributed by atoms with Crippen LogP contribution in [0.4, 0.5) is 10.1 Å². The number of aryl methyl sites for hydroxylation is 2. The van der Waals surface area contributed by atoms with Crippen molar-refractivity contribution in [3.05, 3.63) is 112 Å². The molecule has 7 nitrogen and oxygen atoms in total. The van der Waals surface area contributed by atoms with E-state index in [0.717, 1.165) is 22.5 Å². The minimum absolute atomic E-state index is 0.154. The van der Waals surface area contributed by atoms with E-state index in [-0.39, 0.29) is 11.4 Å². The lowest BCUT2D eigenvalue weighted by molar-refractivity contribution is 0.101. The molecule has 1 N–H and O–H groups in total. The lowest BCUT2D eigenvalue weighted by Crippen LogP contribution is -2.27. The number of imidazole rings is 1. The number of para-hydroxylation sites is 1. The summed E-state index contributed by atoms with van der Waals surface area (Å²) in [6.45, 7) is 3.63. The van der Waals surface area contributed by atoms with E-state index in [9.17, 15) is 14.0 Å². The van der Waals surface area contributed by atoms with Crippen LogP contribution in [0.15, 0.2) is 83.9 Å². The maximum Gasteiger partial charge on any atom is 0.280 e. The summed E-state index contributed by atoms with van der Waals surface area (Å²) in [5.41, 5.74) is 3.84. The molecule has 2 aromatic carbocycles. The molecule has 34 heavy (non-hydrogen) atoms. The fourth-order valence-corrected chi connectivity index (χ4v) is 3.78. The highest BCUT2D eigenvalue weighted by molar-refractivity contribution is 6.02. The highest BCUT2D eigenvalue weighted by atomic mass is 19.1. The number of amides is 1. The van der Waals surface area contributed by atoms with Crippen LogP contribution in [0.2, 0.25) is 0 Å². The number of rotatable bonds is 4. The zero-order chi connectivity index (χ0) is 23.8. The van der Waals surface area contributed by atoms with Gasteiger partial charge in [-0.25, -0.2) is 14.1 Å². The summed E-state index contributed by atoms with van der Waals surface area (Å²) >= 11 is 0. The minimum Gasteiger partial charge on any atom is -0.320 e. The second kappa shape index (κ2) is 8.40. The van der Waals surface area contributed by atoms with Crippen molar-refractivity contribution in [3.8, 4) is 16.9 Å². The van der Waals surface area contributed by atoms with Crippen LogP contribution in [0.1, 0.15) is 21.7 Å². The summed E-state index contributed by atoms with van der Waals surface area (Å²) in [5.74, 6) is -1.18. The third kappa shape index (κ3) is 3.86. The molecule has 168 valence electrons. The Labute approximate surface area is 194 Å². The van der Waals surface area contributed by atoms with Gasteiger partial charge in [0, 0.05) is 35.4 Å². The van der Waals surface area contributed by atoms with Crippen LogP contribution in [0.5, 0.6) is 0 Å². The van der Waals surface area contributed by atoms with Crippen LogP contribution in [-0.2, 0) is 0 Å². The summed E-state index contributed by atoms with van der Waals surface area (Å²) in [5, 5.41) is 6.83. The number of nitrogens with one attached hydrogen (secondary N) is 1. The van der Waals surface area contributed by atoms with Gasteiger partial charge >= 0.3 is 0 Å². The number of nitrogens with zero attached hydrogens (tertiary/aromatic N) is 4. The molecule has 0 fully saturated rings. The van der Waals surface area contributed by atoms with Crippen LogP contribution in [0.3, 0.4) is 0 Å². The number of fused-ring (bicyclic) bond motifs is 1. The van der Waals surface area contributed by atoms with Gasteiger partial charge in [0.05, 0.1) is 5.69 Å². The molecule has 1 amide bonds. The zero-order valence-electron chi connectivity index (χ0n) is 18.5. The molecule has 0 atom stereocenters. The van der Waals surface area contributed by atoms with E-state index in [4.69, 9.17) is 0 Å². The van der Waals surface area contributed by atoms with E-state index < -0.39 is 17.2 Å². The van der Waals surface area contributed by atoms with Gasteiger partial charge < -0.3 is 9.72 Å². The predicted molar refractivity (Wildman–Crippen MR) is 128 cm³/mol. The zero-order valence-corrected chi connectivity index (χ0v) is 18.5. The van der Waals surface area contributed by atoms with Crippen molar-refractivity contribution in [2.45, 2.75) is 13.8 Å². The number of hydrogen-bond acceptors (Lipinski definition) is 4. The van der Waals surface area contributed by atoms with Crippen LogP contribution in [0.25, 0.3) is 22.6 Å². The molecule has 8 heteroatoms. The number of halogens is 1. The standard InChI is InChI=1S/C26H20FN5O2/c1-16-6-5-13-31-15-21(29-25(16)31)18-9-11-19(12-10-18)28-26(34)24-23(33)14-17(2)32(30-24)22-8-4-3-7-20(22)27/h3-15H,1-2H3,(H,28,34). The van der Waals surface area contributed by atoms with Crippen LogP contribution in [0, 0.1) is 19.7 Å². The molecule has 0 spiro atoms. The quantitative estimate of drug-likeness (QED) is 0.433. The first kappa shape index (κ1) is 21.3. The number of anilines is 1. The Bertz CT molecular complexity index is 1600. The van der Waals surface area contributed by atoms with Crippen molar-refractivity contribution in [1.82, 2.24) is 19.2 Å². The molecule has 3 heterocycles. The average molecular weight is 453 g/mol. The molecule has 0 aliphatic heterocycles. The molecule has 0 aliphatic carbocycles. The van der Waals surface area contributed by atoms with Gasteiger partial charge in [0.2, 0.25) is 5.43 Å². The van der Waals surface area contributed by atoms with E-state index in [1.807, 2.05) is 48.0 Å². The first-order chi connectivity index (χ1) is 16.4. The first-order valence-corrected chi connectivity index (χ1v) is 10.6. The number of pyridine rings is 1. The summed E-state index contributed by atoms with van der Waals surface area (Å²) in [4.78, 5) is 30.0. The smallest absolute Gasteiger partial charge is 0.280 e. The van der Waals surface area contributed by atoms with Gasteiger partial charge in [0.25, 0.3) is 5.91 Å². The molecule has 5 aromatic rings. The summed E-state index contributed by atoms with van der Waals surface area (Å²) in [6, 6.07) is 18.4. The van der Waals surface area contributed by atoms with Crippen molar-refractivity contribution in [2.24, 2.45) is 0 Å². The summed E-state index contributed by atoms with van der Waals surface area (Å²) < 4.78 is 17.5. The molecule has 0 saturated carbocycles. The topological polar surface area (TPSA) is 81.3 Å². The Kier molecular flexibility index (Phi) is 5.25. The Morgan fingerprint density at radius 2 is 1.76 bits per heavy atom. The van der Waals surface area contributed by atoms with Crippen molar-refractivity contribution in [1.29, 1.82) is 0 Å². The number of benzene rings is 2. The van der Waals surface area contributed by atoms with Crippen LogP contribution >= 0.6 is 0 Å². The van der Waals surface area contributed by atoms with Gasteiger partial charge in [0.1, 0.15) is 17.2 Å². The average Bonchev–Trinajstić information content (AvgIpc) is 3.26. The normalized spacial score (nSPS) is 11.0. The molecular weight excluding hydrogens is 433 g/mol. The van der Waals surface area contributed by atoms with Crippen molar-refractivity contribution in [3.63, 3.8) is 0 Å². The maximum atomic E-state index is 14.3. The van der Waals surface area contributed by atoms with Crippen LogP contribution in [-0.4, -0.2) is 25.1 Å². The second-order valence-electron chi connectivity index (χ2n) is 7.94. The number of hydrogen-bond donors (Lipinski definition) is 1. The molecule has 0 bridgehead atoms. The molecule has 0 radical (unpaired) electrons. The summed E-state index contributed by atoms with van der Waals surface area (Å²) in [7, 11) is 0. The van der Waals surface area contributed by atoms with E-state index in [0.29, 0.717) is 11.4 Å². The number of carbonyl (C=O) groups excluding carboxylic acids is 1. The van der Waals surface area contributed by atoms with E-state index >= 15 is 0 Å². The van der Waals surface area contributed by atoms with Gasteiger partial charge in [-0.05, 0) is 49.7 Å². The van der Waals surface area contributed by atoms with Gasteiger partial charge in [-0.15, -0.1) is 0 Å². The molecule has 0 aliphatic rings. The van der Waals surface area contributed by atoms with Crippen LogP contribution < -0.4 is 10.7 Å². The molecule has 0 unspecified atom stereocenters. The Morgan fingerprint density at radius 3 is 2.50 bits per heavy atom. The Morgan fingerprint density at radius 1 is 1.00 bits per heavy atom. The number of carbonyl (C=O) groups is 1. The molecule has 3 aromatic heterocycles. The second-order valence-corrected chi connectivity index (χ2v) is 7.94. The highest BCUT2D eigenvalue weighted by Gasteiger charge is 2.17. The Balaban J connectivity index is 1.41. The monoisotopic (exact) mass is 453 g/mol. The molecule has 5 rings (SSSR count).